The van der Waals surface area contributed by atoms with Crippen LogP contribution in [0.5, 0.6) is 0 Å². The van der Waals surface area contributed by atoms with E-state index in [4.69, 9.17) is 4.74 Å². The summed E-state index contributed by atoms with van der Waals surface area (Å²) >= 11 is 0. The zero-order valence-corrected chi connectivity index (χ0v) is 13.6. The van der Waals surface area contributed by atoms with Crippen LogP contribution < -0.4 is 0 Å². The van der Waals surface area contributed by atoms with E-state index in [0.717, 1.165) is 29.4 Å². The van der Waals surface area contributed by atoms with Gasteiger partial charge in [0.15, 0.2) is 0 Å². The standard InChI is InChI=1S/C20H21FN2O/c21-17-12-14(20-22-18-8-4-5-9-19(18)23-20)10-11-15(17)13-24-16-6-2-1-3-7-16/h4-5,8-12,16H,1-3,6-7,13H2,(H,22,23). The number of aromatic amines is 1. The van der Waals surface area contributed by atoms with Crippen LogP contribution in [0.1, 0.15) is 37.7 Å². The van der Waals surface area contributed by atoms with Crippen molar-refractivity contribution in [3.05, 3.63) is 53.8 Å². The molecule has 0 aliphatic heterocycles. The molecule has 1 aromatic heterocycles. The minimum atomic E-state index is -0.233. The summed E-state index contributed by atoms with van der Waals surface area (Å²) in [5.41, 5.74) is 3.21. The third-order valence-corrected chi connectivity index (χ3v) is 4.74. The van der Waals surface area contributed by atoms with Crippen LogP contribution in [-0.4, -0.2) is 16.1 Å². The first kappa shape index (κ1) is 15.3. The lowest BCUT2D eigenvalue weighted by atomic mass is 9.98. The lowest BCUT2D eigenvalue weighted by Crippen LogP contribution is -2.16. The second-order valence-electron chi connectivity index (χ2n) is 6.48. The number of fused-ring (bicyclic) bond motifs is 1. The number of imidazole rings is 1. The van der Waals surface area contributed by atoms with Crippen LogP contribution in [0.4, 0.5) is 4.39 Å². The minimum absolute atomic E-state index is 0.233. The third-order valence-electron chi connectivity index (χ3n) is 4.74. The molecule has 2 aromatic carbocycles. The number of benzene rings is 2. The molecule has 1 saturated carbocycles. The molecule has 0 atom stereocenters. The second-order valence-corrected chi connectivity index (χ2v) is 6.48. The van der Waals surface area contributed by atoms with Crippen molar-refractivity contribution < 1.29 is 9.13 Å². The molecule has 1 fully saturated rings. The summed E-state index contributed by atoms with van der Waals surface area (Å²) < 4.78 is 20.3. The van der Waals surface area contributed by atoms with Gasteiger partial charge in [0.2, 0.25) is 0 Å². The Labute approximate surface area is 140 Å². The molecule has 0 unspecified atom stereocenters. The molecule has 1 aliphatic carbocycles. The van der Waals surface area contributed by atoms with Crippen LogP contribution in [0.25, 0.3) is 22.4 Å². The van der Waals surface area contributed by atoms with E-state index in [1.165, 1.54) is 25.3 Å². The third kappa shape index (κ3) is 3.20. The molecule has 0 radical (unpaired) electrons. The Morgan fingerprint density at radius 1 is 1.08 bits per heavy atom. The monoisotopic (exact) mass is 324 g/mol. The molecule has 24 heavy (non-hydrogen) atoms. The summed E-state index contributed by atoms with van der Waals surface area (Å²) in [7, 11) is 0. The zero-order chi connectivity index (χ0) is 16.4. The summed E-state index contributed by atoms with van der Waals surface area (Å²) in [6.07, 6.45) is 6.21. The lowest BCUT2D eigenvalue weighted by molar-refractivity contribution is 0.0156. The van der Waals surface area contributed by atoms with Gasteiger partial charge >= 0.3 is 0 Å². The fourth-order valence-corrected chi connectivity index (χ4v) is 3.34. The van der Waals surface area contributed by atoms with Crippen molar-refractivity contribution in [1.82, 2.24) is 9.97 Å². The summed E-state index contributed by atoms with van der Waals surface area (Å²) in [5, 5.41) is 0. The number of hydrogen-bond donors (Lipinski definition) is 1. The van der Waals surface area contributed by atoms with Gasteiger partial charge in [-0.3, -0.25) is 0 Å². The summed E-state index contributed by atoms with van der Waals surface area (Å²) in [4.78, 5) is 7.75. The van der Waals surface area contributed by atoms with Crippen molar-refractivity contribution in [2.24, 2.45) is 0 Å². The highest BCUT2D eigenvalue weighted by Crippen LogP contribution is 2.25. The molecule has 3 nitrogen and oxygen atoms in total. The van der Waals surface area contributed by atoms with Gasteiger partial charge < -0.3 is 9.72 Å². The highest BCUT2D eigenvalue weighted by molar-refractivity contribution is 5.79. The average molecular weight is 324 g/mol. The van der Waals surface area contributed by atoms with Crippen LogP contribution >= 0.6 is 0 Å². The van der Waals surface area contributed by atoms with E-state index in [9.17, 15) is 4.39 Å². The molecule has 1 N–H and O–H groups in total. The SMILES string of the molecule is Fc1cc(-c2nc3ccccc3[nH]2)ccc1COC1CCCCC1. The van der Waals surface area contributed by atoms with Gasteiger partial charge in [-0.2, -0.15) is 0 Å². The largest absolute Gasteiger partial charge is 0.373 e. The van der Waals surface area contributed by atoms with Crippen molar-refractivity contribution in [3.63, 3.8) is 0 Å². The molecular formula is C20H21FN2O. The number of hydrogen-bond acceptors (Lipinski definition) is 2. The van der Waals surface area contributed by atoms with Gasteiger partial charge in [0.25, 0.3) is 0 Å². The van der Waals surface area contributed by atoms with Crippen LogP contribution in [0.15, 0.2) is 42.5 Å². The first-order chi connectivity index (χ1) is 11.8. The lowest BCUT2D eigenvalue weighted by Gasteiger charge is -2.22. The van der Waals surface area contributed by atoms with Crippen LogP contribution in [0, 0.1) is 5.82 Å². The van der Waals surface area contributed by atoms with Crippen molar-refractivity contribution in [3.8, 4) is 11.4 Å². The Kier molecular flexibility index (Phi) is 4.30. The van der Waals surface area contributed by atoms with E-state index >= 15 is 0 Å². The van der Waals surface area contributed by atoms with Crippen molar-refractivity contribution in [2.45, 2.75) is 44.8 Å². The molecule has 4 heteroatoms. The Balaban J connectivity index is 1.50. The van der Waals surface area contributed by atoms with Gasteiger partial charge in [-0.05, 0) is 31.0 Å². The second kappa shape index (κ2) is 6.73. The molecule has 124 valence electrons. The number of nitrogens with zero attached hydrogens (tertiary/aromatic N) is 1. The predicted octanol–water partition coefficient (Wildman–Crippen LogP) is 5.22. The van der Waals surface area contributed by atoms with E-state index in [1.807, 2.05) is 30.3 Å². The molecule has 4 rings (SSSR count). The maximum Gasteiger partial charge on any atom is 0.138 e. The van der Waals surface area contributed by atoms with Gasteiger partial charge in [0.1, 0.15) is 11.6 Å². The Morgan fingerprint density at radius 2 is 1.92 bits per heavy atom. The molecule has 0 bridgehead atoms. The molecular weight excluding hydrogens is 303 g/mol. The molecule has 3 aromatic rings. The average Bonchev–Trinajstić information content (AvgIpc) is 3.06. The highest BCUT2D eigenvalue weighted by atomic mass is 19.1. The molecule has 0 amide bonds. The summed E-state index contributed by atoms with van der Waals surface area (Å²) in [5.74, 6) is 0.457. The zero-order valence-electron chi connectivity index (χ0n) is 13.6. The first-order valence-electron chi connectivity index (χ1n) is 8.65. The summed E-state index contributed by atoms with van der Waals surface area (Å²) in [6.45, 7) is 0.344. The van der Waals surface area contributed by atoms with Gasteiger partial charge in [0.05, 0.1) is 23.7 Å². The normalized spacial score (nSPS) is 15.9. The van der Waals surface area contributed by atoms with E-state index in [-0.39, 0.29) is 11.9 Å². The Bertz CT molecular complexity index is 804. The van der Waals surface area contributed by atoms with E-state index in [1.54, 1.807) is 6.07 Å². The van der Waals surface area contributed by atoms with Crippen molar-refractivity contribution >= 4 is 11.0 Å². The van der Waals surface area contributed by atoms with Gasteiger partial charge in [0, 0.05) is 11.1 Å². The maximum atomic E-state index is 14.4. The minimum Gasteiger partial charge on any atom is -0.373 e. The van der Waals surface area contributed by atoms with E-state index in [2.05, 4.69) is 9.97 Å². The summed E-state index contributed by atoms with van der Waals surface area (Å²) in [6, 6.07) is 13.1. The number of ether oxygens (including phenoxy) is 1. The van der Waals surface area contributed by atoms with Crippen molar-refractivity contribution in [1.29, 1.82) is 0 Å². The van der Waals surface area contributed by atoms with Crippen LogP contribution in [0.3, 0.4) is 0 Å². The van der Waals surface area contributed by atoms with Crippen LogP contribution in [0.2, 0.25) is 0 Å². The number of rotatable bonds is 4. The van der Waals surface area contributed by atoms with Gasteiger partial charge in [-0.15, -0.1) is 0 Å². The Morgan fingerprint density at radius 3 is 2.71 bits per heavy atom. The highest BCUT2D eigenvalue weighted by Gasteiger charge is 2.15. The van der Waals surface area contributed by atoms with E-state index < -0.39 is 0 Å². The molecule has 1 aliphatic rings. The number of para-hydroxylation sites is 2. The topological polar surface area (TPSA) is 37.9 Å². The van der Waals surface area contributed by atoms with Crippen LogP contribution in [-0.2, 0) is 11.3 Å². The quantitative estimate of drug-likeness (QED) is 0.714. The smallest absolute Gasteiger partial charge is 0.138 e. The first-order valence-corrected chi connectivity index (χ1v) is 8.65. The number of halogens is 1. The van der Waals surface area contributed by atoms with Gasteiger partial charge in [-0.25, -0.2) is 9.37 Å². The number of H-pyrrole nitrogens is 1. The fourth-order valence-electron chi connectivity index (χ4n) is 3.34. The predicted molar refractivity (Wildman–Crippen MR) is 93.1 cm³/mol. The van der Waals surface area contributed by atoms with Crippen molar-refractivity contribution in [2.75, 3.05) is 0 Å². The molecule has 0 saturated heterocycles. The number of nitrogens with one attached hydrogen (secondary N) is 1. The molecule has 0 spiro atoms. The molecule has 1 heterocycles. The van der Waals surface area contributed by atoms with E-state index in [0.29, 0.717) is 18.0 Å². The van der Waals surface area contributed by atoms with Gasteiger partial charge in [-0.1, -0.05) is 43.5 Å². The maximum absolute atomic E-state index is 14.4. The Hall–Kier alpha value is -2.20. The number of aromatic nitrogens is 2. The fraction of sp³-hybridized carbons (Fsp3) is 0.350.